The third kappa shape index (κ3) is 4.69. The van der Waals surface area contributed by atoms with E-state index in [-0.39, 0.29) is 24.3 Å². The van der Waals surface area contributed by atoms with Crippen LogP contribution in [0.1, 0.15) is 23.0 Å². The maximum absolute atomic E-state index is 12.5. The van der Waals surface area contributed by atoms with Gasteiger partial charge in [0.1, 0.15) is 0 Å². The molecule has 0 amide bonds. The molecular formula is C12H6F12. The van der Waals surface area contributed by atoms with Crippen molar-refractivity contribution in [1.82, 2.24) is 0 Å². The molecule has 0 fully saturated rings. The fraction of sp³-hybridized carbons (Fsp3) is 0.500. The Morgan fingerprint density at radius 2 is 0.583 bits per heavy atom. The highest BCUT2D eigenvalue weighted by Crippen LogP contribution is 2.49. The third-order valence-electron chi connectivity index (χ3n) is 2.91. The predicted molar refractivity (Wildman–Crippen MR) is 56.1 cm³/mol. The van der Waals surface area contributed by atoms with Crippen molar-refractivity contribution in [1.29, 1.82) is 0 Å². The molecule has 0 aliphatic rings. The van der Waals surface area contributed by atoms with Crippen molar-refractivity contribution in [2.75, 3.05) is 0 Å². The number of alkyl halides is 12. The van der Waals surface area contributed by atoms with E-state index in [1.165, 1.54) is 0 Å². The Hall–Kier alpha value is -1.62. The molecule has 0 atom stereocenters. The van der Waals surface area contributed by atoms with Crippen LogP contribution in [0.15, 0.2) is 24.3 Å². The van der Waals surface area contributed by atoms with Crippen LogP contribution in [0.3, 0.4) is 0 Å². The SMILES string of the molecule is FC(F)(F)C(c1ccc(C(C(F)(F)F)C(F)(F)F)cc1)C(F)(F)F. The first-order valence-electron chi connectivity index (χ1n) is 5.82. The van der Waals surface area contributed by atoms with Crippen molar-refractivity contribution in [3.63, 3.8) is 0 Å². The van der Waals surface area contributed by atoms with Crippen LogP contribution in [-0.2, 0) is 0 Å². The average molecular weight is 378 g/mol. The van der Waals surface area contributed by atoms with E-state index in [9.17, 15) is 52.7 Å². The molecule has 0 N–H and O–H groups in total. The van der Waals surface area contributed by atoms with Gasteiger partial charge in [-0.1, -0.05) is 24.3 Å². The van der Waals surface area contributed by atoms with Gasteiger partial charge in [0.15, 0.2) is 11.8 Å². The summed E-state index contributed by atoms with van der Waals surface area (Å²) in [7, 11) is 0. The number of halogens is 12. The normalized spacial score (nSPS) is 14.6. The Balaban J connectivity index is 3.34. The van der Waals surface area contributed by atoms with Crippen molar-refractivity contribution >= 4 is 0 Å². The molecule has 138 valence electrons. The fourth-order valence-corrected chi connectivity index (χ4v) is 2.01. The molecule has 0 saturated carbocycles. The van der Waals surface area contributed by atoms with Gasteiger partial charge >= 0.3 is 24.7 Å². The quantitative estimate of drug-likeness (QED) is 0.546. The molecule has 0 aliphatic heterocycles. The largest absolute Gasteiger partial charge is 0.404 e. The van der Waals surface area contributed by atoms with E-state index in [0.29, 0.717) is 0 Å². The van der Waals surface area contributed by atoms with Gasteiger partial charge in [0.2, 0.25) is 0 Å². The van der Waals surface area contributed by atoms with E-state index in [2.05, 4.69) is 0 Å². The van der Waals surface area contributed by atoms with Crippen LogP contribution in [0, 0.1) is 0 Å². The molecule has 0 aliphatic carbocycles. The summed E-state index contributed by atoms with van der Waals surface area (Å²) >= 11 is 0. The minimum absolute atomic E-state index is 0.0501. The Labute approximate surface area is 126 Å². The van der Waals surface area contributed by atoms with Crippen molar-refractivity contribution in [2.45, 2.75) is 36.5 Å². The Morgan fingerprint density at radius 3 is 0.708 bits per heavy atom. The number of rotatable bonds is 2. The molecule has 1 aromatic rings. The van der Waals surface area contributed by atoms with Crippen molar-refractivity contribution < 1.29 is 52.7 Å². The van der Waals surface area contributed by atoms with Gasteiger partial charge in [0.25, 0.3) is 0 Å². The Bertz CT molecular complexity index is 463. The molecular weight excluding hydrogens is 372 g/mol. The topological polar surface area (TPSA) is 0 Å². The van der Waals surface area contributed by atoms with Crippen LogP contribution in [0.4, 0.5) is 52.7 Å². The summed E-state index contributed by atoms with van der Waals surface area (Å²) in [5.41, 5.74) is -3.02. The predicted octanol–water partition coefficient (Wildman–Crippen LogP) is 6.10. The maximum Gasteiger partial charge on any atom is 0.404 e. The van der Waals surface area contributed by atoms with Gasteiger partial charge in [0.05, 0.1) is 0 Å². The summed E-state index contributed by atoms with van der Waals surface area (Å²) < 4.78 is 150. The molecule has 0 spiro atoms. The summed E-state index contributed by atoms with van der Waals surface area (Å²) in [6, 6.07) is -0.201. The van der Waals surface area contributed by atoms with E-state index in [4.69, 9.17) is 0 Å². The van der Waals surface area contributed by atoms with Gasteiger partial charge in [0, 0.05) is 0 Å². The molecule has 1 rings (SSSR count). The molecule has 0 bridgehead atoms. The van der Waals surface area contributed by atoms with Gasteiger partial charge in [-0.3, -0.25) is 0 Å². The summed E-state index contributed by atoms with van der Waals surface area (Å²) in [5.74, 6) is -8.04. The Morgan fingerprint density at radius 1 is 0.417 bits per heavy atom. The number of hydrogen-bond donors (Lipinski definition) is 0. The molecule has 0 heterocycles. The monoisotopic (exact) mass is 378 g/mol. The zero-order chi connectivity index (χ0) is 19.1. The van der Waals surface area contributed by atoms with Crippen molar-refractivity contribution in [3.8, 4) is 0 Å². The second-order valence-corrected chi connectivity index (χ2v) is 4.70. The minimum Gasteiger partial charge on any atom is -0.170 e. The number of benzene rings is 1. The first kappa shape index (κ1) is 20.4. The van der Waals surface area contributed by atoms with Gasteiger partial charge in [-0.25, -0.2) is 0 Å². The fourth-order valence-electron chi connectivity index (χ4n) is 2.01. The molecule has 24 heavy (non-hydrogen) atoms. The van der Waals surface area contributed by atoms with Crippen LogP contribution >= 0.6 is 0 Å². The van der Waals surface area contributed by atoms with Crippen LogP contribution < -0.4 is 0 Å². The summed E-state index contributed by atoms with van der Waals surface area (Å²) in [6.07, 6.45) is -23.2. The second-order valence-electron chi connectivity index (χ2n) is 4.70. The van der Waals surface area contributed by atoms with Gasteiger partial charge < -0.3 is 0 Å². The highest BCUT2D eigenvalue weighted by atomic mass is 19.4. The molecule has 0 aromatic heterocycles. The van der Waals surface area contributed by atoms with Gasteiger partial charge in [-0.2, -0.15) is 52.7 Å². The third-order valence-corrected chi connectivity index (χ3v) is 2.91. The van der Waals surface area contributed by atoms with E-state index < -0.39 is 47.7 Å². The van der Waals surface area contributed by atoms with Crippen LogP contribution in [0.5, 0.6) is 0 Å². The standard InChI is InChI=1S/C12H6F12/c13-9(14,15)7(10(16,17)18)5-1-2-6(4-3-5)8(11(19,20)21)12(22,23)24/h1-4,7-8H. The van der Waals surface area contributed by atoms with E-state index in [1.54, 1.807) is 0 Å². The molecule has 0 saturated heterocycles. The van der Waals surface area contributed by atoms with Gasteiger partial charge in [-0.05, 0) is 11.1 Å². The number of hydrogen-bond acceptors (Lipinski definition) is 0. The molecule has 12 heteroatoms. The minimum atomic E-state index is -5.81. The first-order valence-corrected chi connectivity index (χ1v) is 5.82. The van der Waals surface area contributed by atoms with Crippen molar-refractivity contribution in [3.05, 3.63) is 35.4 Å². The lowest BCUT2D eigenvalue weighted by molar-refractivity contribution is -0.255. The molecule has 0 nitrogen and oxygen atoms in total. The molecule has 0 radical (unpaired) electrons. The molecule has 0 unspecified atom stereocenters. The van der Waals surface area contributed by atoms with Gasteiger partial charge in [-0.15, -0.1) is 0 Å². The zero-order valence-corrected chi connectivity index (χ0v) is 11.0. The van der Waals surface area contributed by atoms with E-state index in [0.717, 1.165) is 0 Å². The highest BCUT2D eigenvalue weighted by molar-refractivity contribution is 5.31. The average Bonchev–Trinajstić information content (AvgIpc) is 2.23. The zero-order valence-electron chi connectivity index (χ0n) is 11.0. The summed E-state index contributed by atoms with van der Waals surface area (Å²) in [4.78, 5) is 0. The Kier molecular flexibility index (Phi) is 5.13. The second kappa shape index (κ2) is 6.03. The molecule has 1 aromatic carbocycles. The smallest absolute Gasteiger partial charge is 0.170 e. The first-order chi connectivity index (χ1) is 10.5. The lowest BCUT2D eigenvalue weighted by Gasteiger charge is -2.25. The summed E-state index contributed by atoms with van der Waals surface area (Å²) in [5, 5.41) is 0. The van der Waals surface area contributed by atoms with Crippen LogP contribution in [0.2, 0.25) is 0 Å². The maximum atomic E-state index is 12.5. The van der Waals surface area contributed by atoms with E-state index >= 15 is 0 Å². The van der Waals surface area contributed by atoms with Crippen LogP contribution in [-0.4, -0.2) is 24.7 Å². The summed E-state index contributed by atoms with van der Waals surface area (Å²) in [6.45, 7) is 0. The lowest BCUT2D eigenvalue weighted by atomic mass is 9.92. The van der Waals surface area contributed by atoms with Crippen LogP contribution in [0.25, 0.3) is 0 Å². The van der Waals surface area contributed by atoms with E-state index in [1.807, 2.05) is 0 Å². The lowest BCUT2D eigenvalue weighted by Crippen LogP contribution is -2.35. The van der Waals surface area contributed by atoms with Crippen molar-refractivity contribution in [2.24, 2.45) is 0 Å². The highest BCUT2D eigenvalue weighted by Gasteiger charge is 2.59.